The Hall–Kier alpha value is -1.56. The summed E-state index contributed by atoms with van der Waals surface area (Å²) in [5, 5.41) is 1.89. The van der Waals surface area contributed by atoms with E-state index >= 15 is 0 Å². The molecule has 0 spiro atoms. The molecule has 0 aliphatic rings. The maximum absolute atomic E-state index is 10.9. The molecule has 17 heavy (non-hydrogen) atoms. The van der Waals surface area contributed by atoms with Crippen molar-refractivity contribution in [3.8, 4) is 0 Å². The van der Waals surface area contributed by atoms with Gasteiger partial charge >= 0.3 is 12.1 Å². The van der Waals surface area contributed by atoms with Gasteiger partial charge in [0.1, 0.15) is 5.88 Å². The topological polar surface area (TPSA) is 81.7 Å². The zero-order chi connectivity index (χ0) is 13.3. The first-order chi connectivity index (χ1) is 7.97. The van der Waals surface area contributed by atoms with Gasteiger partial charge in [-0.1, -0.05) is 6.58 Å². The van der Waals surface area contributed by atoms with Crippen molar-refractivity contribution in [2.24, 2.45) is 0 Å². The van der Waals surface area contributed by atoms with Crippen LogP contribution in [0.3, 0.4) is 0 Å². The van der Waals surface area contributed by atoms with Crippen LogP contribution in [-0.4, -0.2) is 37.1 Å². The summed E-state index contributed by atoms with van der Waals surface area (Å²) >= 11 is 5.16. The highest BCUT2D eigenvalue weighted by Crippen LogP contribution is 1.94. The van der Waals surface area contributed by atoms with Crippen LogP contribution in [0, 0.1) is 0 Å². The normalized spacial score (nSPS) is 9.29. The van der Waals surface area contributed by atoms with Gasteiger partial charge in [0.25, 0.3) is 0 Å². The number of alkyl halides is 1. The fourth-order valence-corrected chi connectivity index (χ4v) is 0.762. The molecule has 6 nitrogen and oxygen atoms in total. The predicted molar refractivity (Wildman–Crippen MR) is 60.6 cm³/mol. The molecule has 0 aliphatic carbocycles. The lowest BCUT2D eigenvalue weighted by Crippen LogP contribution is -2.32. The van der Waals surface area contributed by atoms with Crippen LogP contribution in [0.5, 0.6) is 0 Å². The van der Waals surface area contributed by atoms with E-state index in [0.717, 1.165) is 0 Å². The van der Waals surface area contributed by atoms with Gasteiger partial charge in [0.05, 0.1) is 13.2 Å². The third kappa shape index (κ3) is 8.27. The molecular formula is C10H14ClNO5. The number of halogens is 1. The molecule has 0 unspecified atom stereocenters. The molecule has 2 amide bonds. The molecule has 0 aromatic heterocycles. The minimum atomic E-state index is -0.873. The van der Waals surface area contributed by atoms with Gasteiger partial charge in [0.2, 0.25) is 5.91 Å². The summed E-state index contributed by atoms with van der Waals surface area (Å²) in [6.45, 7) is 5.08. The van der Waals surface area contributed by atoms with E-state index in [2.05, 4.69) is 11.3 Å². The van der Waals surface area contributed by atoms with Crippen LogP contribution < -0.4 is 5.32 Å². The summed E-state index contributed by atoms with van der Waals surface area (Å²) in [5.74, 6) is -1.44. The van der Waals surface area contributed by atoms with Crippen LogP contribution in [0.25, 0.3) is 0 Å². The fraction of sp³-hybridized carbons (Fsp3) is 0.500. The van der Waals surface area contributed by atoms with E-state index in [1.165, 1.54) is 6.92 Å². The first-order valence-electron chi connectivity index (χ1n) is 4.82. The lowest BCUT2D eigenvalue weighted by atomic mass is 10.4. The minimum Gasteiger partial charge on any atom is -0.462 e. The van der Waals surface area contributed by atoms with Gasteiger partial charge in [-0.05, 0) is 6.92 Å². The van der Waals surface area contributed by atoms with E-state index in [1.54, 1.807) is 0 Å². The first-order valence-corrected chi connectivity index (χ1v) is 5.36. The van der Waals surface area contributed by atoms with E-state index in [1.807, 2.05) is 5.32 Å². The monoisotopic (exact) mass is 263 g/mol. The number of amides is 2. The molecule has 0 heterocycles. The van der Waals surface area contributed by atoms with Crippen molar-refractivity contribution in [2.45, 2.75) is 13.3 Å². The number of rotatable bonds is 6. The van der Waals surface area contributed by atoms with Gasteiger partial charge in [-0.25, -0.2) is 9.59 Å². The molecule has 0 saturated carbocycles. The molecule has 0 saturated heterocycles. The highest BCUT2D eigenvalue weighted by Gasteiger charge is 2.07. The Morgan fingerprint density at radius 3 is 2.35 bits per heavy atom. The molecule has 0 radical (unpaired) electrons. The quantitative estimate of drug-likeness (QED) is 0.334. The first kappa shape index (κ1) is 15.4. The summed E-state index contributed by atoms with van der Waals surface area (Å²) in [4.78, 5) is 32.5. The van der Waals surface area contributed by atoms with E-state index in [-0.39, 0.29) is 19.1 Å². The van der Waals surface area contributed by atoms with Crippen molar-refractivity contribution < 1.29 is 23.9 Å². The Kier molecular flexibility index (Phi) is 7.79. The Morgan fingerprint density at radius 1 is 1.24 bits per heavy atom. The lowest BCUT2D eigenvalue weighted by molar-refractivity contribution is -0.139. The second-order valence-electron chi connectivity index (χ2n) is 3.09. The third-order valence-electron chi connectivity index (χ3n) is 1.47. The summed E-state index contributed by atoms with van der Waals surface area (Å²) in [6, 6.07) is 0. The summed E-state index contributed by atoms with van der Waals surface area (Å²) in [7, 11) is 0. The van der Waals surface area contributed by atoms with Crippen molar-refractivity contribution in [2.75, 3.05) is 19.1 Å². The highest BCUT2D eigenvalue weighted by atomic mass is 35.5. The Morgan fingerprint density at radius 2 is 1.82 bits per heavy atom. The van der Waals surface area contributed by atoms with E-state index in [9.17, 15) is 14.4 Å². The summed E-state index contributed by atoms with van der Waals surface area (Å²) < 4.78 is 9.36. The fourth-order valence-electron chi connectivity index (χ4n) is 0.695. The van der Waals surface area contributed by atoms with Crippen molar-refractivity contribution >= 4 is 29.6 Å². The number of carbonyl (C=O) groups excluding carboxylic acids is 3. The van der Waals surface area contributed by atoms with Crippen molar-refractivity contribution in [1.29, 1.82) is 0 Å². The van der Waals surface area contributed by atoms with E-state index in [4.69, 9.17) is 16.3 Å². The molecule has 0 bridgehead atoms. The van der Waals surface area contributed by atoms with Gasteiger partial charge in [0, 0.05) is 12.0 Å². The van der Waals surface area contributed by atoms with Crippen molar-refractivity contribution in [3.05, 3.63) is 12.2 Å². The van der Waals surface area contributed by atoms with E-state index in [0.29, 0.717) is 12.0 Å². The summed E-state index contributed by atoms with van der Waals surface area (Å²) in [6.07, 6.45) is -0.538. The van der Waals surface area contributed by atoms with Crippen LogP contribution in [0.15, 0.2) is 12.2 Å². The number of ether oxygens (including phenoxy) is 2. The van der Waals surface area contributed by atoms with Crippen molar-refractivity contribution in [1.82, 2.24) is 5.32 Å². The molecule has 7 heteroatoms. The smallest absolute Gasteiger partial charge is 0.413 e. The number of alkyl carbamates (subject to hydrolysis) is 1. The minimum absolute atomic E-state index is 0.0326. The Labute approximate surface area is 104 Å². The number of nitrogens with one attached hydrogen (secondary N) is 1. The Bertz CT molecular complexity index is 316. The van der Waals surface area contributed by atoms with Crippen molar-refractivity contribution in [3.63, 3.8) is 0 Å². The summed E-state index contributed by atoms with van der Waals surface area (Å²) in [5.41, 5.74) is 0.302. The molecule has 0 aliphatic heterocycles. The van der Waals surface area contributed by atoms with Gasteiger partial charge in [0.15, 0.2) is 0 Å². The highest BCUT2D eigenvalue weighted by molar-refractivity contribution is 6.28. The second-order valence-corrected chi connectivity index (χ2v) is 3.35. The molecule has 1 N–H and O–H groups in total. The molecule has 0 atom stereocenters. The zero-order valence-corrected chi connectivity index (χ0v) is 10.2. The van der Waals surface area contributed by atoms with E-state index < -0.39 is 18.0 Å². The lowest BCUT2D eigenvalue weighted by Gasteiger charge is -2.06. The molecule has 96 valence electrons. The van der Waals surface area contributed by atoms with Gasteiger partial charge < -0.3 is 9.47 Å². The molecule has 0 aromatic carbocycles. The van der Waals surface area contributed by atoms with Gasteiger partial charge in [-0.2, -0.15) is 0 Å². The molecule has 0 aromatic rings. The van der Waals surface area contributed by atoms with Gasteiger partial charge in [-0.15, -0.1) is 11.6 Å². The standard InChI is InChI=1S/C10H14ClNO5/c1-7(2)9(14)16-4-3-5-17-10(15)12-8(13)6-11/h1,3-6H2,2H3,(H,12,13,15). The number of esters is 1. The number of hydrogen-bond acceptors (Lipinski definition) is 5. The molecule has 0 fully saturated rings. The van der Waals surface area contributed by atoms with Crippen LogP contribution in [-0.2, 0) is 19.1 Å². The van der Waals surface area contributed by atoms with Crippen LogP contribution in [0.1, 0.15) is 13.3 Å². The average Bonchev–Trinajstić information content (AvgIpc) is 2.27. The van der Waals surface area contributed by atoms with Crippen LogP contribution >= 0.6 is 11.6 Å². The maximum Gasteiger partial charge on any atom is 0.413 e. The van der Waals surface area contributed by atoms with Crippen LogP contribution in [0.2, 0.25) is 0 Å². The zero-order valence-electron chi connectivity index (χ0n) is 9.45. The third-order valence-corrected chi connectivity index (χ3v) is 1.71. The maximum atomic E-state index is 10.9. The molecule has 0 rings (SSSR count). The van der Waals surface area contributed by atoms with Crippen LogP contribution in [0.4, 0.5) is 4.79 Å². The SMILES string of the molecule is C=C(C)C(=O)OCCCOC(=O)NC(=O)CCl. The second kappa shape index (κ2) is 8.58. The predicted octanol–water partition coefficient (Wildman–Crippen LogP) is 0.987. The van der Waals surface area contributed by atoms with Gasteiger partial charge in [-0.3, -0.25) is 10.1 Å². The average molecular weight is 264 g/mol. The largest absolute Gasteiger partial charge is 0.462 e. The number of imide groups is 1. The number of hydrogen-bond donors (Lipinski definition) is 1. The number of carbonyl (C=O) groups is 3. The Balaban J connectivity index is 3.52. The molecular weight excluding hydrogens is 250 g/mol.